The zero-order valence-electron chi connectivity index (χ0n) is 17.3. The second-order valence-electron chi connectivity index (χ2n) is 8.41. The van der Waals surface area contributed by atoms with E-state index >= 15 is 0 Å². The highest BCUT2D eigenvalue weighted by Gasteiger charge is 2.39. The second-order valence-corrected chi connectivity index (χ2v) is 8.41. The van der Waals surface area contributed by atoms with E-state index in [0.717, 1.165) is 23.8 Å². The summed E-state index contributed by atoms with van der Waals surface area (Å²) in [6.07, 6.45) is -0.187. The Morgan fingerprint density at radius 2 is 1.87 bits per heavy atom. The van der Waals surface area contributed by atoms with E-state index in [2.05, 4.69) is 5.32 Å². The molecule has 0 saturated carbocycles. The molecule has 0 aliphatic carbocycles. The predicted octanol–water partition coefficient (Wildman–Crippen LogP) is 4.72. The Morgan fingerprint density at radius 1 is 1.17 bits per heavy atom. The van der Waals surface area contributed by atoms with Crippen molar-refractivity contribution in [3.05, 3.63) is 71.3 Å². The lowest BCUT2D eigenvalue weighted by Gasteiger charge is -2.42. The number of alkyl carbamates (subject to hydrolysis) is 1. The molecule has 2 aromatic rings. The van der Waals surface area contributed by atoms with E-state index < -0.39 is 35.4 Å². The molecule has 2 atom stereocenters. The maximum absolute atomic E-state index is 14.7. The van der Waals surface area contributed by atoms with Crippen LogP contribution in [0.1, 0.15) is 50.8 Å². The number of amides is 2. The summed E-state index contributed by atoms with van der Waals surface area (Å²) in [5, 5.41) is 2.76. The standard InChI is InChI=1S/C23H26F2N2O3/c1-23(2,3)30-22(29)26-19-11-12-20(28)27(14-15-7-5-4-6-8-15)21(19)17-13-16(24)9-10-18(17)25/h4-10,13,19,21H,11-12,14H2,1-3H3,(H,26,29). The van der Waals surface area contributed by atoms with Crippen LogP contribution in [0, 0.1) is 11.6 Å². The van der Waals surface area contributed by atoms with Gasteiger partial charge in [0.2, 0.25) is 5.91 Å². The average molecular weight is 416 g/mol. The van der Waals surface area contributed by atoms with E-state index in [1.165, 1.54) is 4.90 Å². The molecular weight excluding hydrogens is 390 g/mol. The Balaban J connectivity index is 1.97. The van der Waals surface area contributed by atoms with Gasteiger partial charge in [-0.2, -0.15) is 0 Å². The number of nitrogens with zero attached hydrogens (tertiary/aromatic N) is 1. The van der Waals surface area contributed by atoms with Gasteiger partial charge in [-0.15, -0.1) is 0 Å². The van der Waals surface area contributed by atoms with E-state index in [9.17, 15) is 18.4 Å². The van der Waals surface area contributed by atoms with Crippen LogP contribution in [0.4, 0.5) is 13.6 Å². The predicted molar refractivity (Wildman–Crippen MR) is 108 cm³/mol. The summed E-state index contributed by atoms with van der Waals surface area (Å²) in [6, 6.07) is 10.9. The number of ether oxygens (including phenoxy) is 1. The van der Waals surface area contributed by atoms with Crippen molar-refractivity contribution in [3.8, 4) is 0 Å². The summed E-state index contributed by atoms with van der Waals surface area (Å²) in [5.41, 5.74) is 0.170. The first kappa shape index (κ1) is 21.7. The fourth-order valence-corrected chi connectivity index (χ4v) is 3.66. The van der Waals surface area contributed by atoms with Crippen molar-refractivity contribution >= 4 is 12.0 Å². The van der Waals surface area contributed by atoms with Gasteiger partial charge in [0.25, 0.3) is 0 Å². The van der Waals surface area contributed by atoms with Crippen molar-refractivity contribution in [2.45, 2.75) is 57.8 Å². The highest BCUT2D eigenvalue weighted by atomic mass is 19.1. The number of halogens is 2. The van der Waals surface area contributed by atoms with E-state index in [1.54, 1.807) is 20.8 Å². The number of likely N-dealkylation sites (tertiary alicyclic amines) is 1. The maximum Gasteiger partial charge on any atom is 0.407 e. The summed E-state index contributed by atoms with van der Waals surface area (Å²) < 4.78 is 34.0. The molecule has 0 spiro atoms. The third kappa shape index (κ3) is 5.34. The molecule has 1 fully saturated rings. The molecule has 1 N–H and O–H groups in total. The smallest absolute Gasteiger partial charge is 0.407 e. The Morgan fingerprint density at radius 3 is 2.53 bits per heavy atom. The molecule has 2 amide bonds. The normalized spacial score (nSPS) is 19.5. The van der Waals surface area contributed by atoms with E-state index in [0.29, 0.717) is 6.42 Å². The van der Waals surface area contributed by atoms with Gasteiger partial charge in [0, 0.05) is 18.5 Å². The van der Waals surface area contributed by atoms with Crippen molar-refractivity contribution in [1.82, 2.24) is 10.2 Å². The number of rotatable bonds is 4. The molecule has 2 unspecified atom stereocenters. The molecule has 1 saturated heterocycles. The van der Waals surface area contributed by atoms with Gasteiger partial charge in [-0.25, -0.2) is 13.6 Å². The quantitative estimate of drug-likeness (QED) is 0.785. The second kappa shape index (κ2) is 8.81. The monoisotopic (exact) mass is 416 g/mol. The zero-order chi connectivity index (χ0) is 21.9. The van der Waals surface area contributed by atoms with E-state index in [4.69, 9.17) is 4.74 Å². The molecule has 0 radical (unpaired) electrons. The minimum atomic E-state index is -0.866. The van der Waals surface area contributed by atoms with Crippen molar-refractivity contribution in [3.63, 3.8) is 0 Å². The average Bonchev–Trinajstić information content (AvgIpc) is 2.66. The van der Waals surface area contributed by atoms with Crippen molar-refractivity contribution in [2.75, 3.05) is 0 Å². The van der Waals surface area contributed by atoms with Crippen LogP contribution >= 0.6 is 0 Å². The molecule has 7 heteroatoms. The maximum atomic E-state index is 14.7. The number of hydrogen-bond acceptors (Lipinski definition) is 3. The van der Waals surface area contributed by atoms with Crippen molar-refractivity contribution in [2.24, 2.45) is 0 Å². The van der Waals surface area contributed by atoms with E-state index in [1.807, 2.05) is 30.3 Å². The third-order valence-corrected chi connectivity index (χ3v) is 4.88. The molecule has 0 bridgehead atoms. The zero-order valence-corrected chi connectivity index (χ0v) is 17.3. The summed E-state index contributed by atoms with van der Waals surface area (Å²) in [7, 11) is 0. The fraction of sp³-hybridized carbons (Fsp3) is 0.391. The lowest BCUT2D eigenvalue weighted by atomic mass is 9.89. The van der Waals surface area contributed by atoms with Crippen molar-refractivity contribution in [1.29, 1.82) is 0 Å². The van der Waals surface area contributed by atoms with Gasteiger partial charge in [0.05, 0.1) is 12.1 Å². The lowest BCUT2D eigenvalue weighted by Crippen LogP contribution is -2.52. The molecule has 1 heterocycles. The van der Waals surface area contributed by atoms with Gasteiger partial charge >= 0.3 is 6.09 Å². The number of carbonyl (C=O) groups is 2. The van der Waals surface area contributed by atoms with Crippen LogP contribution in [0.3, 0.4) is 0 Å². The third-order valence-electron chi connectivity index (χ3n) is 4.88. The van der Waals surface area contributed by atoms with Crippen LogP contribution in [0.15, 0.2) is 48.5 Å². The Bertz CT molecular complexity index is 912. The molecule has 2 aromatic carbocycles. The van der Waals surface area contributed by atoms with Gasteiger partial charge < -0.3 is 15.0 Å². The molecular formula is C23H26F2N2O3. The first-order chi connectivity index (χ1) is 14.1. The van der Waals surface area contributed by atoms with Crippen LogP contribution < -0.4 is 5.32 Å². The van der Waals surface area contributed by atoms with Gasteiger partial charge in [0.1, 0.15) is 17.2 Å². The van der Waals surface area contributed by atoms with Crippen LogP contribution in [0.25, 0.3) is 0 Å². The Kier molecular flexibility index (Phi) is 6.39. The molecule has 5 nitrogen and oxygen atoms in total. The summed E-state index contributed by atoms with van der Waals surface area (Å²) in [6.45, 7) is 5.43. The largest absolute Gasteiger partial charge is 0.444 e. The minimum absolute atomic E-state index is 0.0278. The number of benzene rings is 2. The van der Waals surface area contributed by atoms with Crippen molar-refractivity contribution < 1.29 is 23.1 Å². The van der Waals surface area contributed by atoms with Crippen LogP contribution in [-0.2, 0) is 16.1 Å². The number of nitrogens with one attached hydrogen (secondary N) is 1. The van der Waals surface area contributed by atoms with Gasteiger partial charge in [-0.1, -0.05) is 30.3 Å². The molecule has 3 rings (SSSR count). The van der Waals surface area contributed by atoms with Gasteiger partial charge in [0.15, 0.2) is 0 Å². The number of piperidine rings is 1. The summed E-state index contributed by atoms with van der Waals surface area (Å²) in [4.78, 5) is 26.7. The first-order valence-corrected chi connectivity index (χ1v) is 9.92. The Labute approximate surface area is 175 Å². The van der Waals surface area contributed by atoms with Crippen LogP contribution in [-0.4, -0.2) is 28.5 Å². The molecule has 1 aliphatic rings. The fourth-order valence-electron chi connectivity index (χ4n) is 3.66. The highest BCUT2D eigenvalue weighted by Crippen LogP contribution is 2.35. The van der Waals surface area contributed by atoms with Crippen LogP contribution in [0.5, 0.6) is 0 Å². The highest BCUT2D eigenvalue weighted by molar-refractivity contribution is 5.78. The minimum Gasteiger partial charge on any atom is -0.444 e. The molecule has 30 heavy (non-hydrogen) atoms. The Hall–Kier alpha value is -2.96. The first-order valence-electron chi connectivity index (χ1n) is 9.92. The number of hydrogen-bond donors (Lipinski definition) is 1. The molecule has 1 aliphatic heterocycles. The molecule has 160 valence electrons. The summed E-state index contributed by atoms with van der Waals surface area (Å²) in [5.74, 6) is -1.43. The number of carbonyl (C=O) groups excluding carboxylic acids is 2. The lowest BCUT2D eigenvalue weighted by molar-refractivity contribution is -0.138. The summed E-state index contributed by atoms with van der Waals surface area (Å²) >= 11 is 0. The van der Waals surface area contributed by atoms with E-state index in [-0.39, 0.29) is 24.4 Å². The van der Waals surface area contributed by atoms with Gasteiger partial charge in [-0.05, 0) is 51.0 Å². The SMILES string of the molecule is CC(C)(C)OC(=O)NC1CCC(=O)N(Cc2ccccc2)C1c1cc(F)ccc1F. The topological polar surface area (TPSA) is 58.6 Å². The molecule has 0 aromatic heterocycles. The van der Waals surface area contributed by atoms with Crippen LogP contribution in [0.2, 0.25) is 0 Å². The van der Waals surface area contributed by atoms with Gasteiger partial charge in [-0.3, -0.25) is 4.79 Å².